The third-order valence-corrected chi connectivity index (χ3v) is 3.79. The molecule has 0 spiro atoms. The zero-order chi connectivity index (χ0) is 14.7. The second-order valence-electron chi connectivity index (χ2n) is 5.43. The van der Waals surface area contributed by atoms with E-state index in [0.717, 1.165) is 37.9 Å². The van der Waals surface area contributed by atoms with Crippen LogP contribution in [0.25, 0.3) is 11.0 Å². The van der Waals surface area contributed by atoms with Gasteiger partial charge in [-0.3, -0.25) is 0 Å². The molecule has 3 rings (SSSR count). The van der Waals surface area contributed by atoms with Crippen molar-refractivity contribution < 1.29 is 0 Å². The molecule has 4 heteroatoms. The summed E-state index contributed by atoms with van der Waals surface area (Å²) in [6.45, 7) is 6.25. The summed E-state index contributed by atoms with van der Waals surface area (Å²) in [5.74, 6) is 1.17. The van der Waals surface area contributed by atoms with E-state index < -0.39 is 0 Å². The number of imidazole rings is 2. The van der Waals surface area contributed by atoms with Crippen LogP contribution in [-0.4, -0.2) is 19.1 Å². The van der Waals surface area contributed by atoms with Crippen LogP contribution in [0, 0.1) is 0 Å². The summed E-state index contributed by atoms with van der Waals surface area (Å²) in [5, 5.41) is 0. The summed E-state index contributed by atoms with van der Waals surface area (Å²) in [6.07, 6.45) is 7.14. The number of nitrogens with zero attached hydrogens (tertiary/aromatic N) is 4. The fraction of sp³-hybridized carbons (Fsp3) is 0.412. The Morgan fingerprint density at radius 1 is 1.10 bits per heavy atom. The number of para-hydroxylation sites is 2. The molecule has 2 aromatic heterocycles. The molecule has 0 aliphatic carbocycles. The van der Waals surface area contributed by atoms with E-state index in [9.17, 15) is 0 Å². The highest BCUT2D eigenvalue weighted by Crippen LogP contribution is 2.19. The number of aromatic nitrogens is 4. The van der Waals surface area contributed by atoms with Gasteiger partial charge in [0.15, 0.2) is 0 Å². The monoisotopic (exact) mass is 282 g/mol. The van der Waals surface area contributed by atoms with Gasteiger partial charge in [0.05, 0.1) is 29.6 Å². The fourth-order valence-electron chi connectivity index (χ4n) is 2.80. The molecule has 0 N–H and O–H groups in total. The average Bonchev–Trinajstić information content (AvgIpc) is 3.06. The smallest absolute Gasteiger partial charge is 0.110 e. The van der Waals surface area contributed by atoms with E-state index in [2.05, 4.69) is 52.2 Å². The van der Waals surface area contributed by atoms with E-state index in [4.69, 9.17) is 4.98 Å². The zero-order valence-electron chi connectivity index (χ0n) is 12.8. The molecular formula is C17H22N4. The van der Waals surface area contributed by atoms with E-state index in [1.165, 1.54) is 17.0 Å². The second-order valence-corrected chi connectivity index (χ2v) is 5.43. The van der Waals surface area contributed by atoms with Gasteiger partial charge in [0.25, 0.3) is 0 Å². The number of fused-ring (bicyclic) bond motifs is 1. The van der Waals surface area contributed by atoms with E-state index in [1.807, 2.05) is 12.5 Å². The first kappa shape index (κ1) is 13.9. The van der Waals surface area contributed by atoms with Crippen molar-refractivity contribution in [2.45, 2.75) is 46.2 Å². The Morgan fingerprint density at radius 2 is 1.95 bits per heavy atom. The van der Waals surface area contributed by atoms with Crippen LogP contribution in [0.4, 0.5) is 0 Å². The maximum atomic E-state index is 4.79. The van der Waals surface area contributed by atoms with Gasteiger partial charge in [0, 0.05) is 19.2 Å². The lowest BCUT2D eigenvalue weighted by molar-refractivity contribution is 0.616. The Balaban J connectivity index is 2.02. The van der Waals surface area contributed by atoms with Gasteiger partial charge in [-0.25, -0.2) is 9.97 Å². The summed E-state index contributed by atoms with van der Waals surface area (Å²) in [4.78, 5) is 9.10. The third kappa shape index (κ3) is 2.71. The highest BCUT2D eigenvalue weighted by atomic mass is 15.1. The van der Waals surface area contributed by atoms with Gasteiger partial charge in [0.1, 0.15) is 5.82 Å². The first-order valence-corrected chi connectivity index (χ1v) is 7.76. The minimum atomic E-state index is 0.843. The van der Waals surface area contributed by atoms with Gasteiger partial charge < -0.3 is 9.13 Å². The number of hydrogen-bond donors (Lipinski definition) is 0. The van der Waals surface area contributed by atoms with E-state index in [1.54, 1.807) is 0 Å². The molecule has 0 saturated carbocycles. The van der Waals surface area contributed by atoms with Crippen LogP contribution < -0.4 is 0 Å². The van der Waals surface area contributed by atoms with E-state index in [0.29, 0.717) is 0 Å². The van der Waals surface area contributed by atoms with E-state index in [-0.39, 0.29) is 0 Å². The van der Waals surface area contributed by atoms with Gasteiger partial charge in [-0.1, -0.05) is 26.0 Å². The summed E-state index contributed by atoms with van der Waals surface area (Å²) >= 11 is 0. The molecule has 21 heavy (non-hydrogen) atoms. The van der Waals surface area contributed by atoms with Crippen LogP contribution in [0.5, 0.6) is 0 Å². The van der Waals surface area contributed by atoms with Gasteiger partial charge in [-0.2, -0.15) is 0 Å². The van der Waals surface area contributed by atoms with Crippen molar-refractivity contribution in [2.75, 3.05) is 0 Å². The first-order valence-electron chi connectivity index (χ1n) is 7.76. The van der Waals surface area contributed by atoms with Gasteiger partial charge >= 0.3 is 0 Å². The standard InChI is InChI=1S/C17H22N4/c1-3-7-17-19-15-8-5-6-9-16(15)21(17)12-14-11-18-13-20(14)10-4-2/h5-6,8-9,11,13H,3-4,7,10,12H2,1-2H3. The normalized spacial score (nSPS) is 11.3. The SMILES string of the molecule is CCCc1nc2ccccc2n1Cc1cncn1CCC. The Kier molecular flexibility index (Phi) is 4.04. The highest BCUT2D eigenvalue weighted by molar-refractivity contribution is 5.76. The molecule has 0 fully saturated rings. The van der Waals surface area contributed by atoms with Gasteiger partial charge in [-0.15, -0.1) is 0 Å². The minimum absolute atomic E-state index is 0.843. The molecule has 0 aliphatic rings. The van der Waals surface area contributed by atoms with E-state index >= 15 is 0 Å². The molecule has 0 radical (unpaired) electrons. The molecule has 3 aromatic rings. The van der Waals surface area contributed by atoms with Crippen molar-refractivity contribution in [2.24, 2.45) is 0 Å². The largest absolute Gasteiger partial charge is 0.333 e. The van der Waals surface area contributed by atoms with Crippen LogP contribution in [0.3, 0.4) is 0 Å². The van der Waals surface area contributed by atoms with Gasteiger partial charge in [-0.05, 0) is 25.0 Å². The molecule has 0 amide bonds. The molecule has 0 unspecified atom stereocenters. The predicted octanol–water partition coefficient (Wildman–Crippen LogP) is 3.64. The number of benzene rings is 1. The first-order chi connectivity index (χ1) is 10.3. The molecule has 2 heterocycles. The predicted molar refractivity (Wildman–Crippen MR) is 85.3 cm³/mol. The zero-order valence-corrected chi connectivity index (χ0v) is 12.8. The van der Waals surface area contributed by atoms with Crippen LogP contribution in [0.15, 0.2) is 36.8 Å². The minimum Gasteiger partial charge on any atom is -0.333 e. The number of hydrogen-bond acceptors (Lipinski definition) is 2. The number of aryl methyl sites for hydroxylation is 2. The molecule has 4 nitrogen and oxygen atoms in total. The maximum Gasteiger partial charge on any atom is 0.110 e. The number of rotatable bonds is 6. The highest BCUT2D eigenvalue weighted by Gasteiger charge is 2.12. The lowest BCUT2D eigenvalue weighted by Gasteiger charge is -2.11. The van der Waals surface area contributed by atoms with Crippen molar-refractivity contribution in [1.29, 1.82) is 0 Å². The van der Waals surface area contributed by atoms with Gasteiger partial charge in [0.2, 0.25) is 0 Å². The van der Waals surface area contributed by atoms with Crippen molar-refractivity contribution in [3.63, 3.8) is 0 Å². The summed E-state index contributed by atoms with van der Waals surface area (Å²) in [7, 11) is 0. The average molecular weight is 282 g/mol. The van der Waals surface area contributed by atoms with Crippen molar-refractivity contribution >= 4 is 11.0 Å². The van der Waals surface area contributed by atoms with Crippen molar-refractivity contribution in [3.8, 4) is 0 Å². The third-order valence-electron chi connectivity index (χ3n) is 3.79. The lowest BCUT2D eigenvalue weighted by Crippen LogP contribution is -2.09. The Hall–Kier alpha value is -2.10. The molecule has 0 saturated heterocycles. The lowest BCUT2D eigenvalue weighted by atomic mass is 10.3. The molecule has 0 aliphatic heterocycles. The molecule has 110 valence electrons. The summed E-state index contributed by atoms with van der Waals surface area (Å²) in [6, 6.07) is 8.38. The maximum absolute atomic E-state index is 4.79. The molecule has 0 atom stereocenters. The molecule has 1 aromatic carbocycles. The van der Waals surface area contributed by atoms with Crippen LogP contribution >= 0.6 is 0 Å². The topological polar surface area (TPSA) is 35.6 Å². The fourth-order valence-corrected chi connectivity index (χ4v) is 2.80. The molecular weight excluding hydrogens is 260 g/mol. The van der Waals surface area contributed by atoms with Crippen molar-refractivity contribution in [3.05, 3.63) is 48.3 Å². The Morgan fingerprint density at radius 3 is 2.76 bits per heavy atom. The van der Waals surface area contributed by atoms with Crippen molar-refractivity contribution in [1.82, 2.24) is 19.1 Å². The van der Waals surface area contributed by atoms with Crippen LogP contribution in [0.2, 0.25) is 0 Å². The quantitative estimate of drug-likeness (QED) is 0.692. The summed E-state index contributed by atoms with van der Waals surface area (Å²) in [5.41, 5.74) is 3.55. The van der Waals surface area contributed by atoms with Crippen LogP contribution in [-0.2, 0) is 19.5 Å². The second kappa shape index (κ2) is 6.12. The Bertz CT molecular complexity index is 723. The Labute approximate surface area is 125 Å². The summed E-state index contributed by atoms with van der Waals surface area (Å²) < 4.78 is 4.58. The van der Waals surface area contributed by atoms with Crippen LogP contribution in [0.1, 0.15) is 38.2 Å². The molecule has 0 bridgehead atoms.